The number of ether oxygens (including phenoxy) is 1. The van der Waals surface area contributed by atoms with Gasteiger partial charge in [0.15, 0.2) is 11.0 Å². The van der Waals surface area contributed by atoms with Crippen molar-refractivity contribution < 1.29 is 14.3 Å². The van der Waals surface area contributed by atoms with Crippen LogP contribution < -0.4 is 0 Å². The monoisotopic (exact) mass is 457 g/mol. The molecule has 0 N–H and O–H groups in total. The molecule has 0 bridgehead atoms. The van der Waals surface area contributed by atoms with Gasteiger partial charge in [-0.1, -0.05) is 36.0 Å². The van der Waals surface area contributed by atoms with Crippen LogP contribution in [0.25, 0.3) is 16.4 Å². The van der Waals surface area contributed by atoms with E-state index in [0.717, 1.165) is 16.4 Å². The minimum atomic E-state index is -0.318. The zero-order chi connectivity index (χ0) is 21.6. The van der Waals surface area contributed by atoms with Crippen molar-refractivity contribution in [1.82, 2.24) is 24.6 Å². The van der Waals surface area contributed by atoms with Gasteiger partial charge in [-0.25, -0.2) is 4.79 Å². The van der Waals surface area contributed by atoms with E-state index in [1.807, 2.05) is 52.4 Å². The van der Waals surface area contributed by atoms with Crippen LogP contribution in [0.3, 0.4) is 0 Å². The van der Waals surface area contributed by atoms with Crippen molar-refractivity contribution in [3.05, 3.63) is 47.8 Å². The average Bonchev–Trinajstić information content (AvgIpc) is 3.48. The lowest BCUT2D eigenvalue weighted by atomic mass is 10.3. The average molecular weight is 458 g/mol. The number of nitrogens with zero attached hydrogens (tertiary/aromatic N) is 5. The summed E-state index contributed by atoms with van der Waals surface area (Å²) >= 11 is 2.98. The number of aromatic nitrogens is 3. The second kappa shape index (κ2) is 9.97. The predicted molar refractivity (Wildman–Crippen MR) is 121 cm³/mol. The van der Waals surface area contributed by atoms with Crippen molar-refractivity contribution in [3.8, 4) is 16.4 Å². The van der Waals surface area contributed by atoms with E-state index >= 15 is 0 Å². The Kier molecular flexibility index (Phi) is 6.88. The molecule has 1 aliphatic rings. The molecule has 0 spiro atoms. The lowest BCUT2D eigenvalue weighted by Crippen LogP contribution is -2.51. The molecule has 31 heavy (non-hydrogen) atoms. The molecule has 0 unspecified atom stereocenters. The van der Waals surface area contributed by atoms with E-state index in [0.29, 0.717) is 37.9 Å². The highest BCUT2D eigenvalue weighted by Crippen LogP contribution is 2.30. The van der Waals surface area contributed by atoms with E-state index < -0.39 is 0 Å². The van der Waals surface area contributed by atoms with Gasteiger partial charge in [0.25, 0.3) is 0 Å². The van der Waals surface area contributed by atoms with E-state index in [1.165, 1.54) is 11.8 Å². The van der Waals surface area contributed by atoms with Gasteiger partial charge in [-0.15, -0.1) is 21.5 Å². The molecule has 8 nitrogen and oxygen atoms in total. The van der Waals surface area contributed by atoms with Crippen molar-refractivity contribution >= 4 is 35.1 Å². The van der Waals surface area contributed by atoms with Crippen LogP contribution in [-0.2, 0) is 9.53 Å². The van der Waals surface area contributed by atoms with Gasteiger partial charge in [-0.3, -0.25) is 9.36 Å². The minimum absolute atomic E-state index is 0.0220. The van der Waals surface area contributed by atoms with Crippen molar-refractivity contribution in [2.24, 2.45) is 0 Å². The molecule has 0 radical (unpaired) electrons. The van der Waals surface area contributed by atoms with Gasteiger partial charge in [0.1, 0.15) is 0 Å². The van der Waals surface area contributed by atoms with Crippen LogP contribution >= 0.6 is 23.1 Å². The Balaban J connectivity index is 1.43. The normalized spacial score (nSPS) is 14.0. The van der Waals surface area contributed by atoms with E-state index in [1.54, 1.807) is 28.1 Å². The molecule has 3 heterocycles. The molecule has 10 heteroatoms. The first-order valence-electron chi connectivity index (χ1n) is 10.0. The van der Waals surface area contributed by atoms with E-state index in [4.69, 9.17) is 4.74 Å². The molecule has 162 valence electrons. The molecular weight excluding hydrogens is 434 g/mol. The Labute approximate surface area is 188 Å². The summed E-state index contributed by atoms with van der Waals surface area (Å²) < 4.78 is 7.02. The first-order valence-corrected chi connectivity index (χ1v) is 11.9. The second-order valence-corrected chi connectivity index (χ2v) is 8.70. The highest BCUT2D eigenvalue weighted by molar-refractivity contribution is 7.99. The molecule has 3 aromatic rings. The molecule has 1 fully saturated rings. The Morgan fingerprint density at radius 3 is 2.45 bits per heavy atom. The summed E-state index contributed by atoms with van der Waals surface area (Å²) in [5, 5.41) is 11.4. The Morgan fingerprint density at radius 2 is 1.77 bits per heavy atom. The molecule has 0 atom stereocenters. The van der Waals surface area contributed by atoms with Crippen molar-refractivity contribution in [2.45, 2.75) is 12.1 Å². The van der Waals surface area contributed by atoms with Gasteiger partial charge in [0.2, 0.25) is 5.91 Å². The summed E-state index contributed by atoms with van der Waals surface area (Å²) in [5.41, 5.74) is 0.953. The number of para-hydroxylation sites is 1. The van der Waals surface area contributed by atoms with Crippen molar-refractivity contribution in [3.63, 3.8) is 0 Å². The van der Waals surface area contributed by atoms with Crippen LogP contribution in [0.5, 0.6) is 0 Å². The number of hydrogen-bond donors (Lipinski definition) is 0. The Bertz CT molecular complexity index is 1020. The summed E-state index contributed by atoms with van der Waals surface area (Å²) in [6.45, 7) is 4.11. The molecule has 1 saturated heterocycles. The third-order valence-electron chi connectivity index (χ3n) is 4.87. The van der Waals surface area contributed by atoms with Crippen LogP contribution in [0, 0.1) is 0 Å². The summed E-state index contributed by atoms with van der Waals surface area (Å²) in [6.07, 6.45) is -0.318. The van der Waals surface area contributed by atoms with Crippen LogP contribution in [0.2, 0.25) is 0 Å². The fourth-order valence-corrected chi connectivity index (χ4v) is 4.86. The van der Waals surface area contributed by atoms with Gasteiger partial charge in [-0.2, -0.15) is 0 Å². The quantitative estimate of drug-likeness (QED) is 0.528. The van der Waals surface area contributed by atoms with Gasteiger partial charge >= 0.3 is 6.09 Å². The van der Waals surface area contributed by atoms with E-state index in [2.05, 4.69) is 10.2 Å². The highest BCUT2D eigenvalue weighted by atomic mass is 32.2. The lowest BCUT2D eigenvalue weighted by molar-refractivity contribution is -0.129. The number of carbonyl (C=O) groups is 2. The van der Waals surface area contributed by atoms with Crippen LogP contribution in [0.15, 0.2) is 53.0 Å². The third-order valence-corrected chi connectivity index (χ3v) is 6.65. The molecule has 1 aromatic carbocycles. The summed E-state index contributed by atoms with van der Waals surface area (Å²) in [4.78, 5) is 29.0. The number of piperazine rings is 1. The first-order chi connectivity index (χ1) is 15.2. The number of hydrogen-bond acceptors (Lipinski definition) is 7. The van der Waals surface area contributed by atoms with Gasteiger partial charge in [0, 0.05) is 31.9 Å². The smallest absolute Gasteiger partial charge is 0.409 e. The topological polar surface area (TPSA) is 80.6 Å². The number of thiophene rings is 1. The minimum Gasteiger partial charge on any atom is -0.450 e. The summed E-state index contributed by atoms with van der Waals surface area (Å²) in [5.74, 6) is 1.04. The van der Waals surface area contributed by atoms with Crippen molar-refractivity contribution in [2.75, 3.05) is 38.5 Å². The SMILES string of the molecule is CCOC(=O)N1CCN(C(=O)CSc2nnc(-c3cccs3)n2-c2ccccc2)CC1. The summed E-state index contributed by atoms with van der Waals surface area (Å²) in [6, 6.07) is 13.9. The largest absolute Gasteiger partial charge is 0.450 e. The maximum absolute atomic E-state index is 12.8. The van der Waals surface area contributed by atoms with Crippen LogP contribution in [0.4, 0.5) is 4.79 Å². The molecule has 2 amide bonds. The molecule has 0 saturated carbocycles. The number of benzene rings is 1. The molecule has 1 aliphatic heterocycles. The van der Waals surface area contributed by atoms with Crippen LogP contribution in [0.1, 0.15) is 6.92 Å². The Hall–Kier alpha value is -2.85. The molecule has 2 aromatic heterocycles. The number of thioether (sulfide) groups is 1. The third kappa shape index (κ3) is 4.91. The van der Waals surface area contributed by atoms with E-state index in [9.17, 15) is 9.59 Å². The van der Waals surface area contributed by atoms with Gasteiger partial charge in [0.05, 0.1) is 17.2 Å². The number of carbonyl (C=O) groups excluding carboxylic acids is 2. The summed E-state index contributed by atoms with van der Waals surface area (Å²) in [7, 11) is 0. The molecule has 4 rings (SSSR count). The molecule has 0 aliphatic carbocycles. The fraction of sp³-hybridized carbons (Fsp3) is 0.333. The van der Waals surface area contributed by atoms with Crippen LogP contribution in [-0.4, -0.2) is 75.1 Å². The lowest BCUT2D eigenvalue weighted by Gasteiger charge is -2.34. The maximum Gasteiger partial charge on any atom is 0.409 e. The zero-order valence-electron chi connectivity index (χ0n) is 17.1. The highest BCUT2D eigenvalue weighted by Gasteiger charge is 2.25. The number of amides is 2. The maximum atomic E-state index is 12.8. The Morgan fingerprint density at radius 1 is 1.03 bits per heavy atom. The first kappa shape index (κ1) is 21.4. The molecular formula is C21H23N5O3S2. The fourth-order valence-electron chi connectivity index (χ4n) is 3.31. The van der Waals surface area contributed by atoms with Gasteiger partial charge < -0.3 is 14.5 Å². The number of rotatable bonds is 6. The zero-order valence-corrected chi connectivity index (χ0v) is 18.8. The second-order valence-electron chi connectivity index (χ2n) is 6.81. The predicted octanol–water partition coefficient (Wildman–Crippen LogP) is 3.39. The van der Waals surface area contributed by atoms with E-state index in [-0.39, 0.29) is 17.8 Å². The van der Waals surface area contributed by atoms with Gasteiger partial charge in [-0.05, 0) is 30.5 Å². The standard InChI is InChI=1S/C21H23N5O3S2/c1-2-29-21(28)25-12-10-24(11-13-25)18(27)15-31-20-23-22-19(17-9-6-14-30-17)26(20)16-7-4-3-5-8-16/h3-9,14H,2,10-13,15H2,1H3. The van der Waals surface area contributed by atoms with Crippen molar-refractivity contribution in [1.29, 1.82) is 0 Å².